The number of morpholine rings is 1. The molecule has 0 aromatic heterocycles. The number of nitrogens with one attached hydrogen (secondary N) is 1. The van der Waals surface area contributed by atoms with Crippen molar-refractivity contribution < 1.29 is 14.3 Å². The molecule has 0 atom stereocenters. The lowest BCUT2D eigenvalue weighted by molar-refractivity contribution is 0.0385. The van der Waals surface area contributed by atoms with Gasteiger partial charge in [0.2, 0.25) is 0 Å². The molecule has 0 bridgehead atoms. The number of hydrogen-bond donors (Lipinski definition) is 1. The Labute approximate surface area is 169 Å². The van der Waals surface area contributed by atoms with Crippen LogP contribution in [0.2, 0.25) is 0 Å². The van der Waals surface area contributed by atoms with E-state index in [0.717, 1.165) is 44.7 Å². The lowest BCUT2D eigenvalue weighted by Crippen LogP contribution is -2.41. The molecule has 5 nitrogen and oxygen atoms in total. The fourth-order valence-corrected chi connectivity index (χ4v) is 4.24. The molecule has 0 radical (unpaired) electrons. The van der Waals surface area contributed by atoms with Gasteiger partial charge in [-0.3, -0.25) is 4.90 Å². The number of nitrogens with zero attached hydrogens (tertiary/aromatic N) is 1. The number of amides is 1. The van der Waals surface area contributed by atoms with E-state index < -0.39 is 6.09 Å². The molecule has 1 aliphatic carbocycles. The number of allylic oxidation sites excluding steroid dienone is 1. The topological polar surface area (TPSA) is 50.8 Å². The third kappa shape index (κ3) is 3.71. The highest BCUT2D eigenvalue weighted by Gasteiger charge is 2.13. The Morgan fingerprint density at radius 1 is 1.03 bits per heavy atom. The number of benzene rings is 3. The molecule has 2 aliphatic rings. The van der Waals surface area contributed by atoms with E-state index in [1.54, 1.807) is 0 Å². The normalized spacial score (nSPS) is 16.3. The first-order valence-corrected chi connectivity index (χ1v) is 10.2. The van der Waals surface area contributed by atoms with Gasteiger partial charge in [-0.2, -0.15) is 0 Å². The first kappa shape index (κ1) is 18.2. The van der Waals surface area contributed by atoms with Gasteiger partial charge >= 0.3 is 6.09 Å². The van der Waals surface area contributed by atoms with Gasteiger partial charge in [0.05, 0.1) is 13.2 Å². The van der Waals surface area contributed by atoms with Crippen LogP contribution in [-0.4, -0.2) is 50.4 Å². The predicted octanol–water partition coefficient (Wildman–Crippen LogP) is 3.98. The molecule has 5 rings (SSSR count). The van der Waals surface area contributed by atoms with E-state index in [0.29, 0.717) is 12.3 Å². The summed E-state index contributed by atoms with van der Waals surface area (Å²) in [5.74, 6) is 0.559. The Kier molecular flexibility index (Phi) is 4.92. The average Bonchev–Trinajstić information content (AvgIpc) is 3.23. The van der Waals surface area contributed by atoms with Crippen LogP contribution in [0.5, 0.6) is 5.75 Å². The van der Waals surface area contributed by atoms with Crippen LogP contribution in [0.15, 0.2) is 48.5 Å². The second-order valence-corrected chi connectivity index (χ2v) is 7.55. The molecule has 3 aromatic carbocycles. The summed E-state index contributed by atoms with van der Waals surface area (Å²) in [6.07, 6.45) is 4.97. The van der Waals surface area contributed by atoms with Gasteiger partial charge in [-0.05, 0) is 51.2 Å². The van der Waals surface area contributed by atoms with Crippen molar-refractivity contribution >= 4 is 33.7 Å². The Hall–Kier alpha value is -2.89. The quantitative estimate of drug-likeness (QED) is 0.687. The van der Waals surface area contributed by atoms with E-state index in [1.165, 1.54) is 27.3 Å². The standard InChI is InChI=1S/C24H24N2O3/c27-24(25-10-11-26-12-14-28-15-13-26)29-19-6-9-21-18(16-19)5-8-22-20-3-1-2-17(20)4-7-23(21)22/h1-2,4-9,16H,3,10-15H2,(H,25,27). The minimum absolute atomic E-state index is 0.415. The second kappa shape index (κ2) is 7.85. The number of fused-ring (bicyclic) bond motifs is 5. The summed E-state index contributed by atoms with van der Waals surface area (Å²) >= 11 is 0. The summed E-state index contributed by atoms with van der Waals surface area (Å²) in [7, 11) is 0. The maximum atomic E-state index is 12.1. The molecule has 29 heavy (non-hydrogen) atoms. The number of carbonyl (C=O) groups is 1. The fraction of sp³-hybridized carbons (Fsp3) is 0.292. The van der Waals surface area contributed by atoms with E-state index in [-0.39, 0.29) is 0 Å². The van der Waals surface area contributed by atoms with Crippen LogP contribution in [0.4, 0.5) is 4.79 Å². The van der Waals surface area contributed by atoms with Gasteiger partial charge in [-0.25, -0.2) is 4.79 Å². The molecule has 0 unspecified atom stereocenters. The molecule has 3 aromatic rings. The molecular formula is C24H24N2O3. The van der Waals surface area contributed by atoms with Gasteiger partial charge in [-0.15, -0.1) is 0 Å². The van der Waals surface area contributed by atoms with Crippen LogP contribution in [0.3, 0.4) is 0 Å². The third-order valence-electron chi connectivity index (χ3n) is 5.77. The van der Waals surface area contributed by atoms with E-state index >= 15 is 0 Å². The van der Waals surface area contributed by atoms with Crippen LogP contribution in [0, 0.1) is 0 Å². The number of ether oxygens (including phenoxy) is 2. The van der Waals surface area contributed by atoms with Crippen molar-refractivity contribution in [2.45, 2.75) is 6.42 Å². The van der Waals surface area contributed by atoms with Gasteiger partial charge in [0.1, 0.15) is 5.75 Å². The highest BCUT2D eigenvalue weighted by atomic mass is 16.6. The van der Waals surface area contributed by atoms with Gasteiger partial charge < -0.3 is 14.8 Å². The summed E-state index contributed by atoms with van der Waals surface area (Å²) < 4.78 is 10.8. The van der Waals surface area contributed by atoms with Gasteiger partial charge in [0.15, 0.2) is 0 Å². The molecule has 1 N–H and O–H groups in total. The second-order valence-electron chi connectivity index (χ2n) is 7.55. The maximum absolute atomic E-state index is 12.1. The molecule has 1 amide bonds. The van der Waals surface area contributed by atoms with Crippen LogP contribution in [0.1, 0.15) is 11.1 Å². The van der Waals surface area contributed by atoms with Gasteiger partial charge in [0.25, 0.3) is 0 Å². The van der Waals surface area contributed by atoms with Crippen LogP contribution >= 0.6 is 0 Å². The average molecular weight is 388 g/mol. The molecule has 5 heteroatoms. The third-order valence-corrected chi connectivity index (χ3v) is 5.77. The Balaban J connectivity index is 1.28. The van der Waals surface area contributed by atoms with Crippen LogP contribution in [-0.2, 0) is 11.2 Å². The highest BCUT2D eigenvalue weighted by molar-refractivity contribution is 6.09. The molecular weight excluding hydrogens is 364 g/mol. The van der Waals surface area contributed by atoms with Crippen molar-refractivity contribution in [1.29, 1.82) is 0 Å². The smallest absolute Gasteiger partial charge is 0.410 e. The lowest BCUT2D eigenvalue weighted by atomic mass is 9.96. The van der Waals surface area contributed by atoms with E-state index in [2.05, 4.69) is 46.6 Å². The minimum Gasteiger partial charge on any atom is -0.410 e. The molecule has 0 saturated carbocycles. The Bertz CT molecular complexity index is 1100. The van der Waals surface area contributed by atoms with Gasteiger partial charge in [0, 0.05) is 26.2 Å². The molecule has 0 spiro atoms. The van der Waals surface area contributed by atoms with E-state index in [9.17, 15) is 4.79 Å². The Morgan fingerprint density at radius 3 is 2.76 bits per heavy atom. The van der Waals surface area contributed by atoms with Crippen LogP contribution < -0.4 is 10.1 Å². The zero-order chi connectivity index (χ0) is 19.6. The van der Waals surface area contributed by atoms with Crippen molar-refractivity contribution in [3.63, 3.8) is 0 Å². The fourth-order valence-electron chi connectivity index (χ4n) is 4.24. The highest BCUT2D eigenvalue weighted by Crippen LogP contribution is 2.34. The van der Waals surface area contributed by atoms with Crippen molar-refractivity contribution in [2.75, 3.05) is 39.4 Å². The van der Waals surface area contributed by atoms with Crippen molar-refractivity contribution in [3.8, 4) is 5.75 Å². The first-order valence-electron chi connectivity index (χ1n) is 10.2. The summed E-state index contributed by atoms with van der Waals surface area (Å²) in [5.41, 5.74) is 2.70. The molecule has 1 fully saturated rings. The predicted molar refractivity (Wildman–Crippen MR) is 115 cm³/mol. The van der Waals surface area contributed by atoms with E-state index in [4.69, 9.17) is 9.47 Å². The summed E-state index contributed by atoms with van der Waals surface area (Å²) in [4.78, 5) is 14.4. The van der Waals surface area contributed by atoms with Crippen molar-refractivity contribution in [2.24, 2.45) is 0 Å². The Morgan fingerprint density at radius 2 is 1.86 bits per heavy atom. The SMILES string of the molecule is O=C(NCCN1CCOCC1)Oc1ccc2c(ccc3c4c(ccc32)C=CC4)c1. The molecule has 1 aliphatic heterocycles. The lowest BCUT2D eigenvalue weighted by Gasteiger charge is -2.26. The molecule has 1 heterocycles. The zero-order valence-corrected chi connectivity index (χ0v) is 16.3. The summed E-state index contributed by atoms with van der Waals surface area (Å²) in [6.45, 7) is 4.71. The largest absolute Gasteiger partial charge is 0.412 e. The van der Waals surface area contributed by atoms with Gasteiger partial charge in [-0.1, -0.05) is 42.5 Å². The summed E-state index contributed by atoms with van der Waals surface area (Å²) in [6, 6.07) is 14.5. The monoisotopic (exact) mass is 388 g/mol. The van der Waals surface area contributed by atoms with Crippen molar-refractivity contribution in [3.05, 3.63) is 59.7 Å². The first-order chi connectivity index (χ1) is 14.3. The minimum atomic E-state index is -0.415. The maximum Gasteiger partial charge on any atom is 0.412 e. The van der Waals surface area contributed by atoms with E-state index in [1.807, 2.05) is 18.2 Å². The number of rotatable bonds is 4. The van der Waals surface area contributed by atoms with Crippen molar-refractivity contribution in [1.82, 2.24) is 10.2 Å². The number of hydrogen-bond acceptors (Lipinski definition) is 4. The zero-order valence-electron chi connectivity index (χ0n) is 16.3. The summed E-state index contributed by atoms with van der Waals surface area (Å²) in [5, 5.41) is 7.63. The molecule has 1 saturated heterocycles. The van der Waals surface area contributed by atoms with Crippen LogP contribution in [0.25, 0.3) is 27.6 Å². The number of carbonyl (C=O) groups excluding carboxylic acids is 1. The molecule has 148 valence electrons.